The van der Waals surface area contributed by atoms with E-state index in [1.807, 2.05) is 18.2 Å². The summed E-state index contributed by atoms with van der Waals surface area (Å²) in [5, 5.41) is 1.80. The van der Waals surface area contributed by atoms with Gasteiger partial charge in [0.1, 0.15) is 0 Å². The first-order chi connectivity index (χ1) is 6.24. The molecule has 2 aromatic rings. The molecule has 0 aliphatic rings. The number of para-hydroxylation sites is 1. The molecule has 1 aromatic carbocycles. The monoisotopic (exact) mass is 258 g/mol. The lowest BCUT2D eigenvalue weighted by Gasteiger charge is -1.91. The van der Waals surface area contributed by atoms with E-state index in [9.17, 15) is 0 Å². The van der Waals surface area contributed by atoms with Gasteiger partial charge in [0.2, 0.25) is 0 Å². The Bertz CT molecular complexity index is 450. The molecule has 0 spiro atoms. The van der Waals surface area contributed by atoms with Crippen molar-refractivity contribution in [1.82, 2.24) is 4.98 Å². The number of hydrogen-bond acceptors (Lipinski definition) is 1. The summed E-state index contributed by atoms with van der Waals surface area (Å²) < 4.78 is 1.01. The lowest BCUT2D eigenvalue weighted by Crippen LogP contribution is -1.96. The van der Waals surface area contributed by atoms with Gasteiger partial charge < -0.3 is 10.7 Å². The highest BCUT2D eigenvalue weighted by molar-refractivity contribution is 9.10. The van der Waals surface area contributed by atoms with Crippen molar-refractivity contribution in [1.29, 1.82) is 0 Å². The van der Waals surface area contributed by atoms with Crippen LogP contribution in [0.25, 0.3) is 10.9 Å². The van der Waals surface area contributed by atoms with Crippen LogP contribution in [0.5, 0.6) is 0 Å². The molecule has 0 saturated heterocycles. The van der Waals surface area contributed by atoms with Gasteiger partial charge in [0.05, 0.1) is 10.5 Å². The minimum Gasteiger partial charge on any atom is -0.355 e. The van der Waals surface area contributed by atoms with E-state index >= 15 is 0 Å². The first kappa shape index (κ1) is 9.06. The number of fused-ring (bicyclic) bond motifs is 1. The third-order valence-corrected chi connectivity index (χ3v) is 3.22. The van der Waals surface area contributed by atoms with Crippen LogP contribution in [0, 0.1) is 0 Å². The van der Waals surface area contributed by atoms with Crippen LogP contribution in [0.1, 0.15) is 5.69 Å². The molecule has 1 aromatic heterocycles. The Labute approximate surface area is 89.2 Å². The highest BCUT2D eigenvalue weighted by atomic mass is 79.9. The largest absolute Gasteiger partial charge is 0.355 e. The molecule has 0 radical (unpaired) electrons. The summed E-state index contributed by atoms with van der Waals surface area (Å²) in [6.45, 7) is 0.478. The van der Waals surface area contributed by atoms with E-state index in [0.717, 1.165) is 26.1 Å². The number of hydrogen-bond donors (Lipinski definition) is 2. The summed E-state index contributed by atoms with van der Waals surface area (Å²) in [6, 6.07) is 5.78. The maximum absolute atomic E-state index is 6.01. The van der Waals surface area contributed by atoms with E-state index in [1.54, 1.807) is 0 Å². The van der Waals surface area contributed by atoms with Gasteiger partial charge in [-0.2, -0.15) is 0 Å². The molecule has 0 saturated carbocycles. The number of aromatic nitrogens is 1. The van der Waals surface area contributed by atoms with E-state index in [4.69, 9.17) is 17.3 Å². The molecule has 0 fully saturated rings. The number of benzene rings is 1. The third-order valence-electron chi connectivity index (χ3n) is 2.00. The first-order valence-electron chi connectivity index (χ1n) is 3.88. The smallest absolute Gasteiger partial charge is 0.0657 e. The average Bonchev–Trinajstić information content (AvgIpc) is 2.45. The summed E-state index contributed by atoms with van der Waals surface area (Å²) in [5.41, 5.74) is 7.48. The fourth-order valence-corrected chi connectivity index (χ4v) is 2.16. The van der Waals surface area contributed by atoms with Crippen molar-refractivity contribution in [2.45, 2.75) is 6.54 Å². The Hall–Kier alpha value is -0.510. The Morgan fingerprint density at radius 3 is 2.85 bits per heavy atom. The first-order valence-corrected chi connectivity index (χ1v) is 5.05. The van der Waals surface area contributed by atoms with E-state index in [2.05, 4.69) is 20.9 Å². The van der Waals surface area contributed by atoms with Crippen molar-refractivity contribution in [3.8, 4) is 0 Å². The molecule has 68 valence electrons. The van der Waals surface area contributed by atoms with Crippen LogP contribution in [0.3, 0.4) is 0 Å². The minimum absolute atomic E-state index is 0.478. The second kappa shape index (κ2) is 3.33. The summed E-state index contributed by atoms with van der Waals surface area (Å²) in [7, 11) is 0. The summed E-state index contributed by atoms with van der Waals surface area (Å²) in [4.78, 5) is 3.18. The number of aromatic amines is 1. The SMILES string of the molecule is NCc1[nH]c2c(Cl)cccc2c1Br. The molecule has 2 rings (SSSR count). The average molecular weight is 260 g/mol. The van der Waals surface area contributed by atoms with Crippen molar-refractivity contribution in [3.63, 3.8) is 0 Å². The fourth-order valence-electron chi connectivity index (χ4n) is 1.34. The predicted molar refractivity (Wildman–Crippen MR) is 58.9 cm³/mol. The molecule has 1 heterocycles. The Morgan fingerprint density at radius 2 is 2.23 bits per heavy atom. The Morgan fingerprint density at radius 1 is 1.46 bits per heavy atom. The molecular weight excluding hydrogens is 251 g/mol. The third kappa shape index (κ3) is 1.37. The molecule has 0 unspecified atom stereocenters. The molecule has 3 N–H and O–H groups in total. The zero-order chi connectivity index (χ0) is 9.42. The van der Waals surface area contributed by atoms with Gasteiger partial charge in [0.25, 0.3) is 0 Å². The maximum Gasteiger partial charge on any atom is 0.0657 e. The standard InChI is InChI=1S/C9H8BrClN2/c10-8-5-2-1-3-6(11)9(5)13-7(8)4-12/h1-3,13H,4,12H2. The van der Waals surface area contributed by atoms with Crippen LogP contribution in [0.2, 0.25) is 5.02 Å². The van der Waals surface area contributed by atoms with Crippen LogP contribution < -0.4 is 5.73 Å². The fraction of sp³-hybridized carbons (Fsp3) is 0.111. The highest BCUT2D eigenvalue weighted by Gasteiger charge is 2.08. The number of nitrogens with one attached hydrogen (secondary N) is 1. The molecule has 13 heavy (non-hydrogen) atoms. The minimum atomic E-state index is 0.478. The molecule has 0 bridgehead atoms. The lowest BCUT2D eigenvalue weighted by atomic mass is 10.2. The van der Waals surface area contributed by atoms with E-state index < -0.39 is 0 Å². The van der Waals surface area contributed by atoms with Gasteiger partial charge in [0.15, 0.2) is 0 Å². The van der Waals surface area contributed by atoms with Gasteiger partial charge in [-0.05, 0) is 22.0 Å². The van der Waals surface area contributed by atoms with Crippen LogP contribution >= 0.6 is 27.5 Å². The highest BCUT2D eigenvalue weighted by Crippen LogP contribution is 2.31. The number of halogens is 2. The van der Waals surface area contributed by atoms with E-state index in [-0.39, 0.29) is 0 Å². The molecule has 4 heteroatoms. The second-order valence-corrected chi connectivity index (χ2v) is 3.98. The van der Waals surface area contributed by atoms with Crippen molar-refractivity contribution in [3.05, 3.63) is 33.4 Å². The van der Waals surface area contributed by atoms with Crippen LogP contribution in [-0.2, 0) is 6.54 Å². The molecule has 0 amide bonds. The van der Waals surface area contributed by atoms with E-state index in [1.165, 1.54) is 0 Å². The summed E-state index contributed by atoms with van der Waals surface area (Å²) >= 11 is 9.48. The van der Waals surface area contributed by atoms with Gasteiger partial charge in [-0.3, -0.25) is 0 Å². The quantitative estimate of drug-likeness (QED) is 0.812. The van der Waals surface area contributed by atoms with Crippen molar-refractivity contribution >= 4 is 38.4 Å². The topological polar surface area (TPSA) is 41.8 Å². The van der Waals surface area contributed by atoms with Crippen molar-refractivity contribution in [2.75, 3.05) is 0 Å². The normalized spacial score (nSPS) is 11.0. The van der Waals surface area contributed by atoms with Gasteiger partial charge in [0, 0.05) is 22.1 Å². The van der Waals surface area contributed by atoms with Gasteiger partial charge in [-0.25, -0.2) is 0 Å². The van der Waals surface area contributed by atoms with Gasteiger partial charge in [-0.1, -0.05) is 23.7 Å². The molecule has 0 aliphatic heterocycles. The van der Waals surface area contributed by atoms with Crippen LogP contribution in [0.15, 0.2) is 22.7 Å². The number of nitrogens with two attached hydrogens (primary N) is 1. The van der Waals surface area contributed by atoms with Gasteiger partial charge in [-0.15, -0.1) is 0 Å². The van der Waals surface area contributed by atoms with Gasteiger partial charge >= 0.3 is 0 Å². The van der Waals surface area contributed by atoms with Crippen LogP contribution in [-0.4, -0.2) is 4.98 Å². The number of rotatable bonds is 1. The zero-order valence-corrected chi connectivity index (χ0v) is 9.11. The Balaban J connectivity index is 2.83. The molecule has 2 nitrogen and oxygen atoms in total. The second-order valence-electron chi connectivity index (χ2n) is 2.78. The Kier molecular flexibility index (Phi) is 2.32. The molecule has 0 aliphatic carbocycles. The summed E-state index contributed by atoms with van der Waals surface area (Å²) in [6.07, 6.45) is 0. The zero-order valence-electron chi connectivity index (χ0n) is 6.77. The van der Waals surface area contributed by atoms with Crippen molar-refractivity contribution in [2.24, 2.45) is 5.73 Å². The van der Waals surface area contributed by atoms with E-state index in [0.29, 0.717) is 6.54 Å². The van der Waals surface area contributed by atoms with Crippen molar-refractivity contribution < 1.29 is 0 Å². The molecule has 0 atom stereocenters. The molecular formula is C9H8BrClN2. The van der Waals surface area contributed by atoms with Crippen LogP contribution in [0.4, 0.5) is 0 Å². The maximum atomic E-state index is 6.01. The predicted octanol–water partition coefficient (Wildman–Crippen LogP) is 3.04. The lowest BCUT2D eigenvalue weighted by molar-refractivity contribution is 1.01. The number of H-pyrrole nitrogens is 1. The summed E-state index contributed by atoms with van der Waals surface area (Å²) in [5.74, 6) is 0.